The molecule has 1 aliphatic rings. The number of thioether (sulfide) groups is 2. The first-order valence-electron chi connectivity index (χ1n) is 9.86. The van der Waals surface area contributed by atoms with E-state index < -0.39 is 18.5 Å². The van der Waals surface area contributed by atoms with Crippen LogP contribution in [0.25, 0.3) is 0 Å². The highest BCUT2D eigenvalue weighted by Gasteiger charge is 2.24. The van der Waals surface area contributed by atoms with Gasteiger partial charge < -0.3 is 14.5 Å². The molecule has 2 aromatic rings. The number of rotatable bonds is 8. The molecule has 0 bridgehead atoms. The van der Waals surface area contributed by atoms with E-state index in [0.717, 1.165) is 22.2 Å². The van der Waals surface area contributed by atoms with Crippen LogP contribution in [0.5, 0.6) is 0 Å². The molecule has 0 saturated heterocycles. The Morgan fingerprint density at radius 3 is 2.65 bits per heavy atom. The summed E-state index contributed by atoms with van der Waals surface area (Å²) in [6, 6.07) is 7.20. The van der Waals surface area contributed by atoms with Gasteiger partial charge in [0.15, 0.2) is 6.61 Å². The fraction of sp³-hybridized carbons (Fsp3) is 0.364. The van der Waals surface area contributed by atoms with E-state index in [0.29, 0.717) is 28.1 Å². The number of esters is 2. The average molecular weight is 461 g/mol. The van der Waals surface area contributed by atoms with E-state index in [-0.39, 0.29) is 18.1 Å². The first-order valence-corrected chi connectivity index (χ1v) is 11.8. The number of aliphatic imine (C=N–C) groups is 1. The van der Waals surface area contributed by atoms with Gasteiger partial charge in [-0.15, -0.1) is 0 Å². The van der Waals surface area contributed by atoms with Gasteiger partial charge in [-0.1, -0.05) is 41.7 Å². The van der Waals surface area contributed by atoms with E-state index in [4.69, 9.17) is 9.47 Å². The molecule has 31 heavy (non-hydrogen) atoms. The van der Waals surface area contributed by atoms with Crippen LogP contribution in [0.1, 0.15) is 54.9 Å². The van der Waals surface area contributed by atoms with Crippen LogP contribution < -0.4 is 0 Å². The maximum absolute atomic E-state index is 12.7. The Kier molecular flexibility index (Phi) is 7.97. The van der Waals surface area contributed by atoms with Crippen molar-refractivity contribution in [3.63, 3.8) is 0 Å². The molecular formula is C22H24N2O5S2. The number of ketones is 1. The number of aryl methyl sites for hydroxylation is 1. The number of carbonyl (C=O) groups excluding carboxylic acids is 3. The molecular weight excluding hydrogens is 436 g/mol. The van der Waals surface area contributed by atoms with E-state index in [1.165, 1.54) is 0 Å². The highest BCUT2D eigenvalue weighted by atomic mass is 32.2. The molecule has 1 aromatic carbocycles. The summed E-state index contributed by atoms with van der Waals surface area (Å²) in [4.78, 5) is 44.7. The first kappa shape index (κ1) is 23.1. The third-order valence-corrected chi connectivity index (χ3v) is 6.98. The van der Waals surface area contributed by atoms with Crippen molar-refractivity contribution >= 4 is 45.6 Å². The number of nitrogens with zero attached hydrogens (tertiary/aromatic N) is 1. The molecule has 0 amide bonds. The minimum Gasteiger partial charge on any atom is -0.461 e. The zero-order chi connectivity index (χ0) is 22.4. The van der Waals surface area contributed by atoms with Gasteiger partial charge in [-0.25, -0.2) is 9.59 Å². The van der Waals surface area contributed by atoms with Crippen molar-refractivity contribution in [2.75, 3.05) is 25.5 Å². The van der Waals surface area contributed by atoms with Crippen LogP contribution in [-0.2, 0) is 15.2 Å². The molecule has 0 saturated carbocycles. The second-order valence-electron chi connectivity index (χ2n) is 6.79. The van der Waals surface area contributed by atoms with Crippen molar-refractivity contribution in [2.45, 2.75) is 26.5 Å². The van der Waals surface area contributed by atoms with Crippen molar-refractivity contribution in [1.82, 2.24) is 4.98 Å². The molecule has 3 rings (SSSR count). The molecule has 0 atom stereocenters. The van der Waals surface area contributed by atoms with Crippen LogP contribution >= 0.6 is 23.5 Å². The number of aromatic amines is 1. The lowest BCUT2D eigenvalue weighted by atomic mass is 10.1. The summed E-state index contributed by atoms with van der Waals surface area (Å²) in [6.07, 6.45) is 0. The van der Waals surface area contributed by atoms with Crippen LogP contribution in [0.15, 0.2) is 29.3 Å². The molecule has 1 aliphatic heterocycles. The predicted molar refractivity (Wildman–Crippen MR) is 123 cm³/mol. The number of ether oxygens (including phenoxy) is 2. The lowest BCUT2D eigenvalue weighted by molar-refractivity contribution is 0.0472. The Bertz CT molecular complexity index is 1030. The van der Waals surface area contributed by atoms with Gasteiger partial charge in [-0.2, -0.15) is 0 Å². The Labute approximate surface area is 189 Å². The van der Waals surface area contributed by atoms with Crippen molar-refractivity contribution < 1.29 is 23.9 Å². The minimum atomic E-state index is -0.554. The van der Waals surface area contributed by atoms with E-state index in [1.807, 2.05) is 12.1 Å². The Hall–Kier alpha value is -2.52. The lowest BCUT2D eigenvalue weighted by Crippen LogP contribution is -2.16. The van der Waals surface area contributed by atoms with Crippen LogP contribution in [0, 0.1) is 13.8 Å². The highest BCUT2D eigenvalue weighted by molar-refractivity contribution is 8.38. The molecule has 1 N–H and O–H groups in total. The maximum Gasteiger partial charge on any atom is 0.355 e. The van der Waals surface area contributed by atoms with Gasteiger partial charge in [0.05, 0.1) is 18.7 Å². The molecule has 0 unspecified atom stereocenters. The molecule has 9 heteroatoms. The van der Waals surface area contributed by atoms with Crippen molar-refractivity contribution in [3.8, 4) is 0 Å². The number of Topliss-reactive ketones (excluding diaryl/α,β-unsaturated/α-hetero) is 1. The number of hydrogen-bond donors (Lipinski definition) is 1. The number of aromatic nitrogens is 1. The van der Waals surface area contributed by atoms with E-state index in [9.17, 15) is 14.4 Å². The summed E-state index contributed by atoms with van der Waals surface area (Å²) < 4.78 is 11.4. The SMILES string of the molecule is CCOC(=O)c1[nH]c(C)c(C(=O)COC(=O)c2ccccc2CSC2=NCCS2)c1C. The molecule has 0 spiro atoms. The van der Waals surface area contributed by atoms with E-state index >= 15 is 0 Å². The van der Waals surface area contributed by atoms with Crippen LogP contribution in [0.4, 0.5) is 0 Å². The summed E-state index contributed by atoms with van der Waals surface area (Å²) in [5, 5.41) is 0. The number of H-pyrrole nitrogens is 1. The molecule has 7 nitrogen and oxygen atoms in total. The van der Waals surface area contributed by atoms with E-state index in [2.05, 4.69) is 9.98 Å². The van der Waals surface area contributed by atoms with E-state index in [1.54, 1.807) is 56.4 Å². The number of hydrogen-bond acceptors (Lipinski definition) is 8. The predicted octanol–water partition coefficient (Wildman–Crippen LogP) is 4.18. The molecule has 1 aromatic heterocycles. The van der Waals surface area contributed by atoms with Gasteiger partial charge in [-0.05, 0) is 38.0 Å². The quantitative estimate of drug-likeness (QED) is 0.466. The Balaban J connectivity index is 1.66. The summed E-state index contributed by atoms with van der Waals surface area (Å²) in [5.41, 5.74) is 2.87. The van der Waals surface area contributed by atoms with Gasteiger partial charge >= 0.3 is 11.9 Å². The van der Waals surface area contributed by atoms with Crippen molar-refractivity contribution in [3.05, 3.63) is 57.9 Å². The third-order valence-electron chi connectivity index (χ3n) is 4.68. The smallest absolute Gasteiger partial charge is 0.355 e. The topological polar surface area (TPSA) is 97.8 Å². The van der Waals surface area contributed by atoms with Gasteiger partial charge in [0.2, 0.25) is 5.78 Å². The van der Waals surface area contributed by atoms with Crippen molar-refractivity contribution in [1.29, 1.82) is 0 Å². The summed E-state index contributed by atoms with van der Waals surface area (Å²) in [6.45, 7) is 5.73. The first-order chi connectivity index (χ1) is 14.9. The molecule has 0 aliphatic carbocycles. The van der Waals surface area contributed by atoms with Gasteiger partial charge in [0.25, 0.3) is 0 Å². The summed E-state index contributed by atoms with van der Waals surface area (Å²) >= 11 is 3.31. The average Bonchev–Trinajstić information content (AvgIpc) is 3.38. The largest absolute Gasteiger partial charge is 0.461 e. The monoisotopic (exact) mass is 460 g/mol. The van der Waals surface area contributed by atoms with Crippen LogP contribution in [0.3, 0.4) is 0 Å². The fourth-order valence-corrected chi connectivity index (χ4v) is 5.26. The lowest BCUT2D eigenvalue weighted by Gasteiger charge is -2.09. The van der Waals surface area contributed by atoms with Gasteiger partial charge in [0, 0.05) is 22.8 Å². The zero-order valence-electron chi connectivity index (χ0n) is 17.6. The van der Waals surface area contributed by atoms with Gasteiger partial charge in [-0.3, -0.25) is 9.79 Å². The molecule has 0 fully saturated rings. The Morgan fingerprint density at radius 1 is 1.16 bits per heavy atom. The third kappa shape index (κ3) is 5.59. The van der Waals surface area contributed by atoms with Crippen LogP contribution in [-0.4, -0.2) is 52.6 Å². The molecule has 2 heterocycles. The highest BCUT2D eigenvalue weighted by Crippen LogP contribution is 2.27. The summed E-state index contributed by atoms with van der Waals surface area (Å²) in [7, 11) is 0. The minimum absolute atomic E-state index is 0.237. The fourth-order valence-electron chi connectivity index (χ4n) is 3.24. The molecule has 0 radical (unpaired) electrons. The second kappa shape index (κ2) is 10.7. The number of nitrogens with one attached hydrogen (secondary N) is 1. The van der Waals surface area contributed by atoms with Crippen LogP contribution in [0.2, 0.25) is 0 Å². The molecule has 164 valence electrons. The van der Waals surface area contributed by atoms with Gasteiger partial charge in [0.1, 0.15) is 10.1 Å². The normalized spacial score (nSPS) is 13.1. The second-order valence-corrected chi connectivity index (χ2v) is 9.09. The zero-order valence-corrected chi connectivity index (χ0v) is 19.3. The standard InChI is InChI=1S/C22H24N2O5S2/c1-4-28-21(27)19-13(2)18(14(3)24-19)17(25)11-29-20(26)16-8-6-5-7-15(16)12-31-22-23-9-10-30-22/h5-8,24H,4,9-12H2,1-3H3. The van der Waals surface area contributed by atoms with Crippen molar-refractivity contribution in [2.24, 2.45) is 4.99 Å². The Morgan fingerprint density at radius 2 is 1.94 bits per heavy atom. The number of carbonyl (C=O) groups is 3. The maximum atomic E-state index is 12.7. The number of benzene rings is 1. The summed E-state index contributed by atoms with van der Waals surface area (Å²) in [5.74, 6) is 0.143.